The fourth-order valence-corrected chi connectivity index (χ4v) is 0.831. The molecule has 0 heterocycles. The highest BCUT2D eigenvalue weighted by Gasteiger charge is 1.97. The Morgan fingerprint density at radius 3 is 2.73 bits per heavy atom. The molecule has 3 nitrogen and oxygen atoms in total. The summed E-state index contributed by atoms with van der Waals surface area (Å²) in [6, 6.07) is 0.417. The molecular weight excluding hydrogens is 142 g/mol. The molecule has 0 radical (unpaired) electrons. The molecule has 0 aliphatic heterocycles. The maximum Gasteiger partial charge on any atom is 0.0613 e. The van der Waals surface area contributed by atoms with E-state index in [1.54, 1.807) is 7.11 Å². The fourth-order valence-electron chi connectivity index (χ4n) is 0.831. The Morgan fingerprint density at radius 1 is 1.45 bits per heavy atom. The van der Waals surface area contributed by atoms with E-state index in [-0.39, 0.29) is 0 Å². The minimum Gasteiger partial charge on any atom is -0.383 e. The number of nitrogens with one attached hydrogen (secondary N) is 1. The van der Waals surface area contributed by atoms with Gasteiger partial charge in [0.25, 0.3) is 0 Å². The van der Waals surface area contributed by atoms with Crippen LogP contribution in [0.3, 0.4) is 0 Å². The summed E-state index contributed by atoms with van der Waals surface area (Å²) in [4.78, 5) is 0. The van der Waals surface area contributed by atoms with Crippen molar-refractivity contribution < 1.29 is 9.47 Å². The molecule has 0 bridgehead atoms. The SMILES string of the molecule is CCOCCNC(C)COC. The lowest BCUT2D eigenvalue weighted by molar-refractivity contribution is 0.135. The third-order valence-electron chi connectivity index (χ3n) is 1.36. The summed E-state index contributed by atoms with van der Waals surface area (Å²) in [6.45, 7) is 7.32. The van der Waals surface area contributed by atoms with E-state index >= 15 is 0 Å². The molecular formula is C8H19NO2. The van der Waals surface area contributed by atoms with Crippen molar-refractivity contribution in [2.45, 2.75) is 19.9 Å². The highest BCUT2D eigenvalue weighted by atomic mass is 16.5. The zero-order valence-electron chi connectivity index (χ0n) is 7.72. The molecule has 0 fully saturated rings. The van der Waals surface area contributed by atoms with Crippen molar-refractivity contribution in [1.82, 2.24) is 5.32 Å². The van der Waals surface area contributed by atoms with Crippen LogP contribution >= 0.6 is 0 Å². The van der Waals surface area contributed by atoms with Gasteiger partial charge in [-0.15, -0.1) is 0 Å². The van der Waals surface area contributed by atoms with Gasteiger partial charge in [-0.3, -0.25) is 0 Å². The molecule has 0 aliphatic rings. The molecule has 0 aromatic carbocycles. The van der Waals surface area contributed by atoms with Crippen LogP contribution in [0.15, 0.2) is 0 Å². The summed E-state index contributed by atoms with van der Waals surface area (Å²) >= 11 is 0. The minimum absolute atomic E-state index is 0.417. The lowest BCUT2D eigenvalue weighted by Crippen LogP contribution is -2.32. The predicted octanol–water partition coefficient (Wildman–Crippen LogP) is 0.647. The number of methoxy groups -OCH3 is 1. The fraction of sp³-hybridized carbons (Fsp3) is 1.00. The maximum atomic E-state index is 5.16. The van der Waals surface area contributed by atoms with Gasteiger partial charge in [0.2, 0.25) is 0 Å². The summed E-state index contributed by atoms with van der Waals surface area (Å²) in [6.07, 6.45) is 0. The molecule has 1 unspecified atom stereocenters. The Hall–Kier alpha value is -0.120. The van der Waals surface area contributed by atoms with Crippen molar-refractivity contribution >= 4 is 0 Å². The van der Waals surface area contributed by atoms with E-state index in [2.05, 4.69) is 12.2 Å². The number of ether oxygens (including phenoxy) is 2. The molecule has 0 saturated carbocycles. The molecule has 0 aromatic rings. The average Bonchev–Trinajstić information content (AvgIpc) is 1.99. The lowest BCUT2D eigenvalue weighted by Gasteiger charge is -2.11. The molecule has 0 aromatic heterocycles. The third-order valence-corrected chi connectivity index (χ3v) is 1.36. The topological polar surface area (TPSA) is 30.5 Å². The number of rotatable bonds is 7. The van der Waals surface area contributed by atoms with Gasteiger partial charge in [-0.2, -0.15) is 0 Å². The van der Waals surface area contributed by atoms with Gasteiger partial charge in [0, 0.05) is 26.3 Å². The largest absolute Gasteiger partial charge is 0.383 e. The highest BCUT2D eigenvalue weighted by Crippen LogP contribution is 1.81. The first kappa shape index (κ1) is 10.9. The van der Waals surface area contributed by atoms with Crippen molar-refractivity contribution in [3.63, 3.8) is 0 Å². The second-order valence-electron chi connectivity index (χ2n) is 2.51. The summed E-state index contributed by atoms with van der Waals surface area (Å²) in [7, 11) is 1.71. The number of hydrogen-bond acceptors (Lipinski definition) is 3. The lowest BCUT2D eigenvalue weighted by atomic mass is 10.3. The molecule has 0 aliphatic carbocycles. The van der Waals surface area contributed by atoms with Gasteiger partial charge < -0.3 is 14.8 Å². The first-order valence-corrected chi connectivity index (χ1v) is 4.11. The van der Waals surface area contributed by atoms with E-state index in [9.17, 15) is 0 Å². The minimum atomic E-state index is 0.417. The molecule has 11 heavy (non-hydrogen) atoms. The Kier molecular flexibility index (Phi) is 7.89. The van der Waals surface area contributed by atoms with Crippen LogP contribution in [0.25, 0.3) is 0 Å². The van der Waals surface area contributed by atoms with Crippen LogP contribution in [0.2, 0.25) is 0 Å². The smallest absolute Gasteiger partial charge is 0.0613 e. The van der Waals surface area contributed by atoms with E-state index in [0.717, 1.165) is 26.4 Å². The van der Waals surface area contributed by atoms with Gasteiger partial charge in [-0.1, -0.05) is 0 Å². The molecule has 0 saturated heterocycles. The normalized spacial score (nSPS) is 13.4. The standard InChI is InChI=1S/C8H19NO2/c1-4-11-6-5-9-8(2)7-10-3/h8-9H,4-7H2,1-3H3. The first-order chi connectivity index (χ1) is 5.31. The molecule has 1 atom stereocenters. The van der Waals surface area contributed by atoms with Crippen molar-refractivity contribution in [2.24, 2.45) is 0 Å². The van der Waals surface area contributed by atoms with Gasteiger partial charge >= 0.3 is 0 Å². The Balaban J connectivity index is 2.97. The Morgan fingerprint density at radius 2 is 2.18 bits per heavy atom. The second-order valence-corrected chi connectivity index (χ2v) is 2.51. The van der Waals surface area contributed by atoms with Crippen molar-refractivity contribution in [3.8, 4) is 0 Å². The van der Waals surface area contributed by atoms with Gasteiger partial charge in [0.15, 0.2) is 0 Å². The van der Waals surface area contributed by atoms with E-state index in [0.29, 0.717) is 6.04 Å². The van der Waals surface area contributed by atoms with Crippen LogP contribution in [0.1, 0.15) is 13.8 Å². The first-order valence-electron chi connectivity index (χ1n) is 4.11. The third kappa shape index (κ3) is 7.78. The van der Waals surface area contributed by atoms with Crippen LogP contribution in [-0.2, 0) is 9.47 Å². The average molecular weight is 161 g/mol. The molecule has 0 spiro atoms. The Labute approximate surface area is 69.1 Å². The van der Waals surface area contributed by atoms with Crippen LogP contribution in [0.5, 0.6) is 0 Å². The monoisotopic (exact) mass is 161 g/mol. The van der Waals surface area contributed by atoms with Crippen LogP contribution in [0, 0.1) is 0 Å². The van der Waals surface area contributed by atoms with E-state index in [1.807, 2.05) is 6.92 Å². The number of hydrogen-bond donors (Lipinski definition) is 1. The van der Waals surface area contributed by atoms with Crippen LogP contribution < -0.4 is 5.32 Å². The van der Waals surface area contributed by atoms with Gasteiger partial charge in [-0.05, 0) is 13.8 Å². The van der Waals surface area contributed by atoms with E-state index in [4.69, 9.17) is 9.47 Å². The van der Waals surface area contributed by atoms with Gasteiger partial charge in [0.1, 0.15) is 0 Å². The van der Waals surface area contributed by atoms with E-state index < -0.39 is 0 Å². The molecule has 1 N–H and O–H groups in total. The van der Waals surface area contributed by atoms with Crippen LogP contribution in [0.4, 0.5) is 0 Å². The summed E-state index contributed by atoms with van der Waals surface area (Å²) in [5.41, 5.74) is 0. The van der Waals surface area contributed by atoms with Gasteiger partial charge in [-0.25, -0.2) is 0 Å². The quantitative estimate of drug-likeness (QED) is 0.556. The van der Waals surface area contributed by atoms with E-state index in [1.165, 1.54) is 0 Å². The Bertz CT molecular complexity index is 78.5. The zero-order chi connectivity index (χ0) is 8.53. The highest BCUT2D eigenvalue weighted by molar-refractivity contribution is 4.57. The molecule has 3 heteroatoms. The van der Waals surface area contributed by atoms with Crippen LogP contribution in [-0.4, -0.2) is 39.5 Å². The van der Waals surface area contributed by atoms with Crippen molar-refractivity contribution in [2.75, 3.05) is 33.5 Å². The summed E-state index contributed by atoms with van der Waals surface area (Å²) in [5, 5.41) is 3.27. The zero-order valence-corrected chi connectivity index (χ0v) is 7.72. The van der Waals surface area contributed by atoms with Crippen molar-refractivity contribution in [3.05, 3.63) is 0 Å². The predicted molar refractivity (Wildman–Crippen MR) is 45.8 cm³/mol. The summed E-state index contributed by atoms with van der Waals surface area (Å²) in [5.74, 6) is 0. The molecule has 0 rings (SSSR count). The second kappa shape index (κ2) is 7.98. The maximum absolute atomic E-state index is 5.16. The summed E-state index contributed by atoms with van der Waals surface area (Å²) < 4.78 is 10.1. The van der Waals surface area contributed by atoms with Gasteiger partial charge in [0.05, 0.1) is 13.2 Å². The van der Waals surface area contributed by atoms with Crippen molar-refractivity contribution in [1.29, 1.82) is 0 Å². The molecule has 68 valence electrons. The molecule has 0 amide bonds.